The van der Waals surface area contributed by atoms with Gasteiger partial charge in [-0.1, -0.05) is 0 Å². The molecule has 2 aliphatic rings. The van der Waals surface area contributed by atoms with Crippen LogP contribution in [0, 0.1) is 5.92 Å². The van der Waals surface area contributed by atoms with Gasteiger partial charge in [0.05, 0.1) is 6.26 Å². The van der Waals surface area contributed by atoms with Crippen molar-refractivity contribution in [3.63, 3.8) is 0 Å². The van der Waals surface area contributed by atoms with Crippen LogP contribution in [-0.2, 0) is 14.8 Å². The van der Waals surface area contributed by atoms with E-state index in [1.807, 2.05) is 4.90 Å². The topological polar surface area (TPSA) is 69.7 Å². The molecule has 7 heteroatoms. The summed E-state index contributed by atoms with van der Waals surface area (Å²) in [5.74, 6) is 0.200. The van der Waals surface area contributed by atoms with Gasteiger partial charge in [-0.3, -0.25) is 4.79 Å². The SMILES string of the molecule is CS(=O)(=O)N1CCC(C(=O)N2CCNCC2)CC1. The van der Waals surface area contributed by atoms with Crippen molar-refractivity contribution in [2.24, 2.45) is 5.92 Å². The van der Waals surface area contributed by atoms with Gasteiger partial charge in [0.25, 0.3) is 0 Å². The molecule has 2 rings (SSSR count). The van der Waals surface area contributed by atoms with Crippen LogP contribution in [0.3, 0.4) is 0 Å². The van der Waals surface area contributed by atoms with E-state index in [-0.39, 0.29) is 11.8 Å². The normalized spacial score (nSPS) is 24.2. The number of sulfonamides is 1. The molecule has 1 N–H and O–H groups in total. The number of piperazine rings is 1. The Morgan fingerprint density at radius 3 is 2.17 bits per heavy atom. The zero-order valence-electron chi connectivity index (χ0n) is 10.8. The van der Waals surface area contributed by atoms with E-state index in [1.54, 1.807) is 0 Å². The fourth-order valence-corrected chi connectivity index (χ4v) is 3.45. The van der Waals surface area contributed by atoms with Crippen molar-refractivity contribution < 1.29 is 13.2 Å². The van der Waals surface area contributed by atoms with E-state index < -0.39 is 10.0 Å². The molecule has 0 atom stereocenters. The summed E-state index contributed by atoms with van der Waals surface area (Å²) in [6.07, 6.45) is 2.52. The van der Waals surface area contributed by atoms with E-state index >= 15 is 0 Å². The molecule has 0 aromatic carbocycles. The van der Waals surface area contributed by atoms with Gasteiger partial charge >= 0.3 is 0 Å². The van der Waals surface area contributed by atoms with Crippen LogP contribution in [0.2, 0.25) is 0 Å². The molecule has 0 saturated carbocycles. The van der Waals surface area contributed by atoms with Crippen LogP contribution in [0.5, 0.6) is 0 Å². The summed E-state index contributed by atoms with van der Waals surface area (Å²) >= 11 is 0. The summed E-state index contributed by atoms with van der Waals surface area (Å²) in [6, 6.07) is 0. The van der Waals surface area contributed by atoms with Crippen molar-refractivity contribution in [2.75, 3.05) is 45.5 Å². The van der Waals surface area contributed by atoms with E-state index in [9.17, 15) is 13.2 Å². The first kappa shape index (κ1) is 13.8. The van der Waals surface area contributed by atoms with Crippen molar-refractivity contribution in [3.05, 3.63) is 0 Å². The molecule has 0 radical (unpaired) electrons. The Balaban J connectivity index is 1.87. The van der Waals surface area contributed by atoms with Crippen molar-refractivity contribution in [1.82, 2.24) is 14.5 Å². The molecule has 0 unspecified atom stereocenters. The quantitative estimate of drug-likeness (QED) is 0.708. The monoisotopic (exact) mass is 275 g/mol. The lowest BCUT2D eigenvalue weighted by molar-refractivity contribution is -0.137. The van der Waals surface area contributed by atoms with Gasteiger partial charge in [-0.25, -0.2) is 12.7 Å². The molecule has 2 aliphatic heterocycles. The number of nitrogens with one attached hydrogen (secondary N) is 1. The molecule has 0 aliphatic carbocycles. The number of nitrogens with zero attached hydrogens (tertiary/aromatic N) is 2. The van der Waals surface area contributed by atoms with Crippen LogP contribution in [0.25, 0.3) is 0 Å². The average molecular weight is 275 g/mol. The molecule has 18 heavy (non-hydrogen) atoms. The Morgan fingerprint density at radius 1 is 1.11 bits per heavy atom. The van der Waals surface area contributed by atoms with Crippen LogP contribution in [-0.4, -0.2) is 69.1 Å². The number of carbonyl (C=O) groups is 1. The molecule has 2 fully saturated rings. The van der Waals surface area contributed by atoms with Crippen molar-refractivity contribution in [1.29, 1.82) is 0 Å². The van der Waals surface area contributed by atoms with Gasteiger partial charge in [-0.05, 0) is 12.8 Å². The van der Waals surface area contributed by atoms with Crippen LogP contribution in [0.15, 0.2) is 0 Å². The molecule has 0 aromatic rings. The molecule has 2 heterocycles. The first-order chi connectivity index (χ1) is 8.48. The third kappa shape index (κ3) is 3.21. The lowest BCUT2D eigenvalue weighted by Crippen LogP contribution is -2.50. The van der Waals surface area contributed by atoms with Gasteiger partial charge in [0.1, 0.15) is 0 Å². The fourth-order valence-electron chi connectivity index (χ4n) is 2.58. The minimum atomic E-state index is -3.10. The van der Waals surface area contributed by atoms with Gasteiger partial charge in [0.2, 0.25) is 15.9 Å². The number of amides is 1. The van der Waals surface area contributed by atoms with Crippen LogP contribution >= 0.6 is 0 Å². The summed E-state index contributed by atoms with van der Waals surface area (Å²) < 4.78 is 24.2. The molecule has 0 bridgehead atoms. The zero-order chi connectivity index (χ0) is 13.2. The largest absolute Gasteiger partial charge is 0.340 e. The average Bonchev–Trinajstić information content (AvgIpc) is 2.38. The Kier molecular flexibility index (Phi) is 4.24. The van der Waals surface area contributed by atoms with Crippen molar-refractivity contribution in [3.8, 4) is 0 Å². The Labute approximate surface area is 108 Å². The Bertz CT molecular complexity index is 396. The highest BCUT2D eigenvalue weighted by molar-refractivity contribution is 7.88. The van der Waals surface area contributed by atoms with Crippen LogP contribution in [0.4, 0.5) is 0 Å². The highest BCUT2D eigenvalue weighted by Gasteiger charge is 2.31. The number of carbonyl (C=O) groups excluding carboxylic acids is 1. The second-order valence-electron chi connectivity index (χ2n) is 5.01. The van der Waals surface area contributed by atoms with E-state index in [1.165, 1.54) is 10.6 Å². The van der Waals surface area contributed by atoms with E-state index in [4.69, 9.17) is 0 Å². The molecule has 1 amide bonds. The smallest absolute Gasteiger partial charge is 0.225 e. The van der Waals surface area contributed by atoms with Crippen molar-refractivity contribution in [2.45, 2.75) is 12.8 Å². The second-order valence-corrected chi connectivity index (χ2v) is 6.99. The predicted octanol–water partition coefficient (Wildman–Crippen LogP) is -0.910. The Hall–Kier alpha value is -0.660. The third-order valence-corrected chi connectivity index (χ3v) is 5.00. The minimum Gasteiger partial charge on any atom is -0.340 e. The number of piperidine rings is 1. The fraction of sp³-hybridized carbons (Fsp3) is 0.909. The highest BCUT2D eigenvalue weighted by Crippen LogP contribution is 2.21. The summed E-state index contributed by atoms with van der Waals surface area (Å²) in [5, 5.41) is 3.22. The molecular formula is C11H21N3O3S. The lowest BCUT2D eigenvalue weighted by atomic mass is 9.96. The van der Waals surface area contributed by atoms with Crippen LogP contribution < -0.4 is 5.32 Å². The first-order valence-electron chi connectivity index (χ1n) is 6.43. The standard InChI is InChI=1S/C11H21N3O3S/c1-18(16,17)14-6-2-10(3-7-14)11(15)13-8-4-12-5-9-13/h10,12H,2-9H2,1H3. The summed E-state index contributed by atoms with van der Waals surface area (Å²) in [7, 11) is -3.10. The van der Waals surface area contributed by atoms with E-state index in [2.05, 4.69) is 5.32 Å². The molecular weight excluding hydrogens is 254 g/mol. The minimum absolute atomic E-state index is 0.00102. The molecule has 2 saturated heterocycles. The van der Waals surface area contributed by atoms with Gasteiger partial charge in [-0.2, -0.15) is 0 Å². The molecule has 0 spiro atoms. The van der Waals surface area contributed by atoms with E-state index in [0.717, 1.165) is 26.2 Å². The molecule has 6 nitrogen and oxygen atoms in total. The maximum absolute atomic E-state index is 12.2. The number of rotatable bonds is 2. The van der Waals surface area contributed by atoms with Gasteiger partial charge < -0.3 is 10.2 Å². The zero-order valence-corrected chi connectivity index (χ0v) is 11.6. The summed E-state index contributed by atoms with van der Waals surface area (Å²) in [5.41, 5.74) is 0. The first-order valence-corrected chi connectivity index (χ1v) is 8.28. The van der Waals surface area contributed by atoms with Gasteiger partial charge in [0.15, 0.2) is 0 Å². The van der Waals surface area contributed by atoms with Gasteiger partial charge in [-0.15, -0.1) is 0 Å². The maximum atomic E-state index is 12.2. The lowest BCUT2D eigenvalue weighted by Gasteiger charge is -2.34. The Morgan fingerprint density at radius 2 is 1.67 bits per heavy atom. The summed E-state index contributed by atoms with van der Waals surface area (Å²) in [6.45, 7) is 4.20. The van der Waals surface area contributed by atoms with Gasteiger partial charge in [0, 0.05) is 45.2 Å². The van der Waals surface area contributed by atoms with Crippen molar-refractivity contribution >= 4 is 15.9 Å². The second kappa shape index (κ2) is 5.54. The third-order valence-electron chi connectivity index (χ3n) is 3.70. The molecule has 0 aromatic heterocycles. The molecule has 104 valence electrons. The predicted molar refractivity (Wildman–Crippen MR) is 68.6 cm³/mol. The number of hydrogen-bond acceptors (Lipinski definition) is 4. The van der Waals surface area contributed by atoms with Crippen LogP contribution in [0.1, 0.15) is 12.8 Å². The van der Waals surface area contributed by atoms with E-state index in [0.29, 0.717) is 25.9 Å². The number of hydrogen-bond donors (Lipinski definition) is 1. The maximum Gasteiger partial charge on any atom is 0.225 e. The summed E-state index contributed by atoms with van der Waals surface area (Å²) in [4.78, 5) is 14.1. The highest BCUT2D eigenvalue weighted by atomic mass is 32.2.